The Hall–Kier alpha value is -1.64. The van der Waals surface area contributed by atoms with Gasteiger partial charge in [0.1, 0.15) is 0 Å². The molecule has 0 heterocycles. The minimum absolute atomic E-state index is 0.155. The summed E-state index contributed by atoms with van der Waals surface area (Å²) >= 11 is 0. The zero-order valence-electron chi connectivity index (χ0n) is 26.2. The van der Waals surface area contributed by atoms with Crippen LogP contribution in [-0.2, 0) is 34.7 Å². The molecular formula is C34H56N2. The monoisotopic (exact) mass is 492 g/mol. The number of benzene rings is 2. The average Bonchev–Trinajstić information content (AvgIpc) is 2.69. The quantitative estimate of drug-likeness (QED) is 0.382. The van der Waals surface area contributed by atoms with Crippen molar-refractivity contribution in [2.45, 2.75) is 118 Å². The molecule has 0 unspecified atom stereocenters. The van der Waals surface area contributed by atoms with Crippen molar-refractivity contribution >= 4 is 0 Å². The number of nitrogens with zero attached hydrogens (tertiary/aromatic N) is 2. The molecule has 0 aliphatic carbocycles. The third-order valence-corrected chi connectivity index (χ3v) is 7.22. The maximum Gasteiger partial charge on any atom is 0.0231 e. The second-order valence-corrected chi connectivity index (χ2v) is 15.3. The van der Waals surface area contributed by atoms with Gasteiger partial charge in [0.2, 0.25) is 0 Å². The lowest BCUT2D eigenvalue weighted by molar-refractivity contribution is 0.247. The van der Waals surface area contributed by atoms with E-state index in [0.29, 0.717) is 0 Å². The third kappa shape index (κ3) is 9.03. The Bertz CT molecular complexity index is 855. The molecule has 0 radical (unpaired) electrons. The maximum absolute atomic E-state index is 2.47. The standard InChI is InChI=1S/C34H56N2/c1-31(2,3)27-17-25(18-28(21-27)32(4,5)6)23-35(13)15-16-36(14)24-26-19-29(33(7,8)9)22-30(20-26)34(10,11)12/h17-22H,15-16,23-24H2,1-14H3. The molecule has 2 heteroatoms. The van der Waals surface area contributed by atoms with Crippen LogP contribution in [0, 0.1) is 0 Å². The predicted octanol–water partition coefficient (Wildman–Crippen LogP) is 8.44. The molecule has 202 valence electrons. The van der Waals surface area contributed by atoms with Gasteiger partial charge in [-0.3, -0.25) is 0 Å². The van der Waals surface area contributed by atoms with E-state index in [9.17, 15) is 0 Å². The van der Waals surface area contributed by atoms with Crippen LogP contribution in [0.2, 0.25) is 0 Å². The van der Waals surface area contributed by atoms with Crippen LogP contribution in [0.25, 0.3) is 0 Å². The Labute approximate surface area is 224 Å². The highest BCUT2D eigenvalue weighted by Gasteiger charge is 2.22. The molecule has 36 heavy (non-hydrogen) atoms. The summed E-state index contributed by atoms with van der Waals surface area (Å²) < 4.78 is 0. The van der Waals surface area contributed by atoms with Gasteiger partial charge in [0, 0.05) is 26.2 Å². The van der Waals surface area contributed by atoms with E-state index >= 15 is 0 Å². The van der Waals surface area contributed by atoms with Crippen LogP contribution < -0.4 is 0 Å². The van der Waals surface area contributed by atoms with E-state index in [2.05, 4.69) is 143 Å². The highest BCUT2D eigenvalue weighted by molar-refractivity contribution is 5.38. The molecule has 2 rings (SSSR count). The van der Waals surface area contributed by atoms with Crippen LogP contribution in [0.15, 0.2) is 36.4 Å². The van der Waals surface area contributed by atoms with Crippen molar-refractivity contribution in [3.05, 3.63) is 69.8 Å². The summed E-state index contributed by atoms with van der Waals surface area (Å²) in [6.45, 7) is 31.9. The van der Waals surface area contributed by atoms with Crippen LogP contribution in [0.3, 0.4) is 0 Å². The zero-order valence-corrected chi connectivity index (χ0v) is 26.2. The number of likely N-dealkylation sites (N-methyl/N-ethyl adjacent to an activating group) is 2. The smallest absolute Gasteiger partial charge is 0.0231 e. The van der Waals surface area contributed by atoms with Gasteiger partial charge >= 0.3 is 0 Å². The lowest BCUT2D eigenvalue weighted by atomic mass is 9.79. The highest BCUT2D eigenvalue weighted by Crippen LogP contribution is 2.32. The summed E-state index contributed by atoms with van der Waals surface area (Å²) in [5, 5.41) is 0. The van der Waals surface area contributed by atoms with Crippen molar-refractivity contribution in [2.24, 2.45) is 0 Å². The summed E-state index contributed by atoms with van der Waals surface area (Å²) in [6, 6.07) is 14.5. The Morgan fingerprint density at radius 3 is 0.833 bits per heavy atom. The van der Waals surface area contributed by atoms with E-state index in [-0.39, 0.29) is 21.7 Å². The number of hydrogen-bond donors (Lipinski definition) is 0. The van der Waals surface area contributed by atoms with Gasteiger partial charge in [-0.25, -0.2) is 0 Å². The topological polar surface area (TPSA) is 6.48 Å². The molecule has 0 aliphatic heterocycles. The van der Waals surface area contributed by atoms with Crippen LogP contribution in [0.5, 0.6) is 0 Å². The zero-order chi connectivity index (χ0) is 27.7. The summed E-state index contributed by atoms with van der Waals surface area (Å²) in [4.78, 5) is 4.94. The molecule has 0 N–H and O–H groups in total. The van der Waals surface area contributed by atoms with Crippen LogP contribution >= 0.6 is 0 Å². The maximum atomic E-state index is 2.47. The minimum atomic E-state index is 0.155. The molecule has 2 aromatic rings. The van der Waals surface area contributed by atoms with Gasteiger partial charge in [0.25, 0.3) is 0 Å². The Kier molecular flexibility index (Phi) is 9.34. The van der Waals surface area contributed by atoms with E-state index < -0.39 is 0 Å². The molecule has 0 spiro atoms. The molecule has 0 fully saturated rings. The molecule has 0 saturated carbocycles. The summed E-state index contributed by atoms with van der Waals surface area (Å²) in [5.41, 5.74) is 9.20. The molecular weight excluding hydrogens is 436 g/mol. The van der Waals surface area contributed by atoms with Crippen molar-refractivity contribution in [3.63, 3.8) is 0 Å². The molecule has 0 atom stereocenters. The molecule has 2 nitrogen and oxygen atoms in total. The number of rotatable bonds is 7. The number of hydrogen-bond acceptors (Lipinski definition) is 2. The van der Waals surface area contributed by atoms with Crippen LogP contribution in [0.4, 0.5) is 0 Å². The van der Waals surface area contributed by atoms with E-state index in [1.807, 2.05) is 0 Å². The van der Waals surface area contributed by atoms with E-state index in [1.54, 1.807) is 0 Å². The molecule has 2 aromatic carbocycles. The van der Waals surface area contributed by atoms with Crippen molar-refractivity contribution < 1.29 is 0 Å². The largest absolute Gasteiger partial charge is 0.301 e. The van der Waals surface area contributed by atoms with E-state index in [1.165, 1.54) is 33.4 Å². The molecule has 0 aliphatic rings. The van der Waals surface area contributed by atoms with Gasteiger partial charge < -0.3 is 9.80 Å². The van der Waals surface area contributed by atoms with E-state index in [0.717, 1.165) is 26.2 Å². The lowest BCUT2D eigenvalue weighted by Gasteiger charge is -2.28. The Morgan fingerprint density at radius 2 is 0.639 bits per heavy atom. The van der Waals surface area contributed by atoms with Gasteiger partial charge in [-0.1, -0.05) is 119 Å². The van der Waals surface area contributed by atoms with Crippen molar-refractivity contribution in [1.82, 2.24) is 9.80 Å². The minimum Gasteiger partial charge on any atom is -0.301 e. The fraction of sp³-hybridized carbons (Fsp3) is 0.647. The summed E-state index contributed by atoms with van der Waals surface area (Å²) in [6.07, 6.45) is 0. The average molecular weight is 493 g/mol. The normalized spacial score (nSPS) is 13.7. The van der Waals surface area contributed by atoms with Crippen molar-refractivity contribution in [3.8, 4) is 0 Å². The molecule has 0 aromatic heterocycles. The first-order chi connectivity index (χ1) is 16.2. The van der Waals surface area contributed by atoms with Gasteiger partial charge in [-0.2, -0.15) is 0 Å². The molecule has 0 amide bonds. The fourth-order valence-corrected chi connectivity index (χ4v) is 4.42. The fourth-order valence-electron chi connectivity index (χ4n) is 4.42. The Morgan fingerprint density at radius 1 is 0.417 bits per heavy atom. The molecule has 0 saturated heterocycles. The second-order valence-electron chi connectivity index (χ2n) is 15.3. The van der Waals surface area contributed by atoms with Gasteiger partial charge in [-0.15, -0.1) is 0 Å². The summed E-state index contributed by atoms with van der Waals surface area (Å²) in [7, 11) is 4.51. The first kappa shape index (κ1) is 30.6. The van der Waals surface area contributed by atoms with Crippen LogP contribution in [0.1, 0.15) is 116 Å². The van der Waals surface area contributed by atoms with Gasteiger partial charge in [0.15, 0.2) is 0 Å². The Balaban J connectivity index is 2.12. The lowest BCUT2D eigenvalue weighted by Crippen LogP contribution is -2.30. The third-order valence-electron chi connectivity index (χ3n) is 7.22. The highest BCUT2D eigenvalue weighted by atomic mass is 15.2. The van der Waals surface area contributed by atoms with E-state index in [4.69, 9.17) is 0 Å². The SMILES string of the molecule is CN(CCN(C)Cc1cc(C(C)(C)C)cc(C(C)(C)C)c1)Cc1cc(C(C)(C)C)cc(C(C)(C)C)c1. The predicted molar refractivity (Wildman–Crippen MR) is 160 cm³/mol. The summed E-state index contributed by atoms with van der Waals surface area (Å²) in [5.74, 6) is 0. The van der Waals surface area contributed by atoms with Crippen molar-refractivity contribution in [2.75, 3.05) is 27.2 Å². The van der Waals surface area contributed by atoms with Gasteiger partial charge in [-0.05, 0) is 69.1 Å². The molecule has 0 bridgehead atoms. The first-order valence-electron chi connectivity index (χ1n) is 13.8. The van der Waals surface area contributed by atoms with Crippen molar-refractivity contribution in [1.29, 1.82) is 0 Å². The van der Waals surface area contributed by atoms with Gasteiger partial charge in [0.05, 0.1) is 0 Å². The second kappa shape index (κ2) is 11.0. The first-order valence-corrected chi connectivity index (χ1v) is 13.8. The van der Waals surface area contributed by atoms with Crippen LogP contribution in [-0.4, -0.2) is 37.0 Å².